The van der Waals surface area contributed by atoms with E-state index in [1.54, 1.807) is 0 Å². The summed E-state index contributed by atoms with van der Waals surface area (Å²) < 4.78 is 5.32. The molecule has 1 heterocycles. The average Bonchev–Trinajstić information content (AvgIpc) is 3.24. The van der Waals surface area contributed by atoms with Gasteiger partial charge in [0, 0.05) is 25.4 Å². The van der Waals surface area contributed by atoms with Gasteiger partial charge < -0.3 is 19.8 Å². The third-order valence-electron chi connectivity index (χ3n) is 7.19. The van der Waals surface area contributed by atoms with E-state index in [0.29, 0.717) is 37.9 Å². The lowest BCUT2D eigenvalue weighted by Gasteiger charge is -2.26. The lowest BCUT2D eigenvalue weighted by atomic mass is 9.87. The van der Waals surface area contributed by atoms with Crippen LogP contribution in [0.4, 0.5) is 0 Å². The van der Waals surface area contributed by atoms with Crippen molar-refractivity contribution in [3.8, 4) is 0 Å². The maximum absolute atomic E-state index is 12.3. The molecular weight excluding hydrogens is 378 g/mol. The monoisotopic (exact) mass is 419 g/mol. The van der Waals surface area contributed by atoms with Crippen LogP contribution < -0.4 is 0 Å². The number of morpholine rings is 1. The molecule has 0 spiro atoms. The Kier molecular flexibility index (Phi) is 8.55. The summed E-state index contributed by atoms with van der Waals surface area (Å²) in [6, 6.07) is 0. The number of fused-ring (bicyclic) bond motifs is 1. The zero-order valence-electron chi connectivity index (χ0n) is 18.9. The van der Waals surface area contributed by atoms with E-state index in [0.717, 1.165) is 58.0 Å². The molecule has 0 aromatic rings. The Hall–Kier alpha value is -1.17. The molecule has 3 rings (SSSR count). The Balaban J connectivity index is 1.43. The topological polar surface area (TPSA) is 70.0 Å². The van der Waals surface area contributed by atoms with E-state index >= 15 is 0 Å². The van der Waals surface area contributed by atoms with Crippen LogP contribution in [-0.2, 0) is 9.53 Å². The number of rotatable bonds is 10. The summed E-state index contributed by atoms with van der Waals surface area (Å²) in [6.45, 7) is 6.82. The number of aliphatic hydroxyl groups excluding tert-OH is 1. The molecule has 2 aliphatic carbocycles. The molecule has 0 radical (unpaired) electrons. The minimum absolute atomic E-state index is 0.181. The predicted octanol–water partition coefficient (Wildman–Crippen LogP) is 3.85. The number of carbonyl (C=O) groups is 1. The van der Waals surface area contributed by atoms with Crippen molar-refractivity contribution in [1.82, 2.24) is 4.90 Å². The standard InChI is InChI=1S/C25H41NO4/c1-3-4-10-25(2,29)11-6-8-21-22-17-19(16-20(22)18-23(21)27)7-5-9-24(28)26-12-14-30-15-13-26/h6,8,16,20-23,27,29H,3-5,7,9-15,17-18H2,1-2H3/b8-6+/t20-,21+,22-,23+,25-/m0/s1. The molecule has 0 aromatic carbocycles. The van der Waals surface area contributed by atoms with Crippen molar-refractivity contribution in [2.75, 3.05) is 26.3 Å². The highest BCUT2D eigenvalue weighted by molar-refractivity contribution is 5.76. The molecule has 1 aliphatic heterocycles. The molecule has 2 N–H and O–H groups in total. The Labute approximate surface area is 182 Å². The zero-order chi connectivity index (χ0) is 21.6. The van der Waals surface area contributed by atoms with E-state index in [2.05, 4.69) is 25.2 Å². The molecule has 1 saturated heterocycles. The first-order valence-electron chi connectivity index (χ1n) is 12.0. The van der Waals surface area contributed by atoms with E-state index < -0.39 is 5.60 Å². The Morgan fingerprint density at radius 2 is 2.10 bits per heavy atom. The summed E-state index contributed by atoms with van der Waals surface area (Å²) in [7, 11) is 0. The summed E-state index contributed by atoms with van der Waals surface area (Å²) >= 11 is 0. The van der Waals surface area contributed by atoms with Gasteiger partial charge in [0.15, 0.2) is 0 Å². The van der Waals surface area contributed by atoms with E-state index in [4.69, 9.17) is 4.74 Å². The van der Waals surface area contributed by atoms with E-state index in [1.165, 1.54) is 5.57 Å². The number of allylic oxidation sites excluding steroid dienone is 2. The second-order valence-corrected chi connectivity index (χ2v) is 9.82. The van der Waals surface area contributed by atoms with Gasteiger partial charge >= 0.3 is 0 Å². The van der Waals surface area contributed by atoms with Crippen molar-refractivity contribution in [1.29, 1.82) is 0 Å². The van der Waals surface area contributed by atoms with E-state index in [-0.39, 0.29) is 17.9 Å². The van der Waals surface area contributed by atoms with Gasteiger partial charge in [0.1, 0.15) is 0 Å². The lowest BCUT2D eigenvalue weighted by molar-refractivity contribution is -0.135. The van der Waals surface area contributed by atoms with Crippen LogP contribution >= 0.6 is 0 Å². The minimum atomic E-state index is -0.651. The van der Waals surface area contributed by atoms with E-state index in [1.807, 2.05) is 11.8 Å². The van der Waals surface area contributed by atoms with Crippen molar-refractivity contribution in [3.05, 3.63) is 23.8 Å². The fraction of sp³-hybridized carbons (Fsp3) is 0.800. The highest BCUT2D eigenvalue weighted by Crippen LogP contribution is 2.48. The first-order valence-corrected chi connectivity index (χ1v) is 12.0. The second-order valence-electron chi connectivity index (χ2n) is 9.82. The smallest absolute Gasteiger partial charge is 0.222 e. The van der Waals surface area contributed by atoms with Crippen LogP contribution in [0.1, 0.15) is 71.6 Å². The van der Waals surface area contributed by atoms with Gasteiger partial charge in [-0.15, -0.1) is 0 Å². The van der Waals surface area contributed by atoms with Crippen LogP contribution in [0.2, 0.25) is 0 Å². The van der Waals surface area contributed by atoms with Crippen LogP contribution in [0, 0.1) is 17.8 Å². The largest absolute Gasteiger partial charge is 0.392 e. The Bertz CT molecular complexity index is 621. The fourth-order valence-electron chi connectivity index (χ4n) is 5.37. The molecule has 5 heteroatoms. The zero-order valence-corrected chi connectivity index (χ0v) is 18.9. The minimum Gasteiger partial charge on any atom is -0.392 e. The number of amides is 1. The first kappa shape index (κ1) is 23.5. The molecule has 3 aliphatic rings. The second kappa shape index (κ2) is 10.9. The van der Waals surface area contributed by atoms with Gasteiger partial charge in [0.25, 0.3) is 0 Å². The Morgan fingerprint density at radius 3 is 2.83 bits per heavy atom. The summed E-state index contributed by atoms with van der Waals surface area (Å²) in [5, 5.41) is 21.0. The Morgan fingerprint density at radius 1 is 1.33 bits per heavy atom. The van der Waals surface area contributed by atoms with Gasteiger partial charge in [-0.1, -0.05) is 43.6 Å². The van der Waals surface area contributed by atoms with Crippen LogP contribution in [0.25, 0.3) is 0 Å². The van der Waals surface area contributed by atoms with Gasteiger partial charge in [-0.2, -0.15) is 0 Å². The van der Waals surface area contributed by atoms with Crippen molar-refractivity contribution in [2.45, 2.75) is 83.3 Å². The van der Waals surface area contributed by atoms with Crippen molar-refractivity contribution in [3.63, 3.8) is 0 Å². The number of ether oxygens (including phenoxy) is 1. The van der Waals surface area contributed by atoms with Crippen LogP contribution in [0.3, 0.4) is 0 Å². The SMILES string of the molecule is CCCC[C@](C)(O)C/C=C/[C@@H]1[C@H]2CC(CCCC(=O)N3CCOCC3)=C[C@H]2C[C@H]1O. The highest BCUT2D eigenvalue weighted by Gasteiger charge is 2.43. The molecule has 1 amide bonds. The lowest BCUT2D eigenvalue weighted by Crippen LogP contribution is -2.40. The fourth-order valence-corrected chi connectivity index (χ4v) is 5.37. The molecule has 5 nitrogen and oxygen atoms in total. The first-order chi connectivity index (χ1) is 14.4. The summed E-state index contributed by atoms with van der Waals surface area (Å²) in [5.41, 5.74) is 0.807. The summed E-state index contributed by atoms with van der Waals surface area (Å²) in [5.74, 6) is 1.37. The summed E-state index contributed by atoms with van der Waals surface area (Å²) in [6.07, 6.45) is 14.3. The number of carbonyl (C=O) groups excluding carboxylic acids is 1. The third-order valence-corrected chi connectivity index (χ3v) is 7.19. The quantitative estimate of drug-likeness (QED) is 0.528. The highest BCUT2D eigenvalue weighted by atomic mass is 16.5. The van der Waals surface area contributed by atoms with Crippen molar-refractivity contribution >= 4 is 5.91 Å². The molecule has 0 unspecified atom stereocenters. The van der Waals surface area contributed by atoms with Gasteiger partial charge in [0.2, 0.25) is 5.91 Å². The molecule has 2 fully saturated rings. The van der Waals surface area contributed by atoms with Crippen molar-refractivity contribution in [2.24, 2.45) is 17.8 Å². The van der Waals surface area contributed by atoms with Crippen molar-refractivity contribution < 1.29 is 19.7 Å². The normalized spacial score (nSPS) is 31.1. The number of hydrogen-bond donors (Lipinski definition) is 2. The third kappa shape index (κ3) is 6.41. The molecule has 30 heavy (non-hydrogen) atoms. The molecule has 1 saturated carbocycles. The number of nitrogens with zero attached hydrogens (tertiary/aromatic N) is 1. The van der Waals surface area contributed by atoms with Crippen LogP contribution in [-0.4, -0.2) is 59.0 Å². The van der Waals surface area contributed by atoms with Gasteiger partial charge in [-0.3, -0.25) is 4.79 Å². The molecule has 170 valence electrons. The number of unbranched alkanes of at least 4 members (excludes halogenated alkanes) is 1. The number of aliphatic hydroxyl groups is 2. The summed E-state index contributed by atoms with van der Waals surface area (Å²) in [4.78, 5) is 14.2. The molecule has 0 bridgehead atoms. The maximum Gasteiger partial charge on any atom is 0.222 e. The van der Waals surface area contributed by atoms with Crippen LogP contribution in [0.5, 0.6) is 0 Å². The number of hydrogen-bond acceptors (Lipinski definition) is 4. The molecule has 5 atom stereocenters. The predicted molar refractivity (Wildman–Crippen MR) is 119 cm³/mol. The average molecular weight is 420 g/mol. The van der Waals surface area contributed by atoms with Crippen LogP contribution in [0.15, 0.2) is 23.8 Å². The molecule has 0 aromatic heterocycles. The van der Waals surface area contributed by atoms with Gasteiger partial charge in [0.05, 0.1) is 24.9 Å². The van der Waals surface area contributed by atoms with E-state index in [9.17, 15) is 15.0 Å². The molecular formula is C25H41NO4. The van der Waals surface area contributed by atoms with Gasteiger partial charge in [-0.25, -0.2) is 0 Å². The van der Waals surface area contributed by atoms with Gasteiger partial charge in [-0.05, 0) is 57.3 Å². The maximum atomic E-state index is 12.3.